The number of aliphatic hydroxyl groups excluding tert-OH is 1. The van der Waals surface area contributed by atoms with Crippen LogP contribution in [0, 0.1) is 5.92 Å². The Labute approximate surface area is 126 Å². The first-order chi connectivity index (χ1) is 10.0. The third kappa shape index (κ3) is 7.87. The Bertz CT molecular complexity index is 389. The molecular weight excluding hydrogens is 270 g/mol. The average Bonchev–Trinajstić information content (AvgIpc) is 2.88. The van der Waals surface area contributed by atoms with Crippen LogP contribution in [-0.2, 0) is 16.1 Å². The molecule has 0 spiro atoms. The monoisotopic (exact) mass is 297 g/mol. The van der Waals surface area contributed by atoms with Gasteiger partial charge in [-0.3, -0.25) is 9.69 Å². The summed E-state index contributed by atoms with van der Waals surface area (Å²) in [6.45, 7) is 8.17. The highest BCUT2D eigenvalue weighted by atomic mass is 16.5. The molecular formula is C16H27NO4. The van der Waals surface area contributed by atoms with Gasteiger partial charge in [-0.2, -0.15) is 0 Å². The van der Waals surface area contributed by atoms with E-state index in [-0.39, 0.29) is 12.6 Å². The van der Waals surface area contributed by atoms with Crippen LogP contribution in [0.2, 0.25) is 0 Å². The summed E-state index contributed by atoms with van der Waals surface area (Å²) >= 11 is 0. The fourth-order valence-corrected chi connectivity index (χ4v) is 2.16. The van der Waals surface area contributed by atoms with Crippen LogP contribution in [0.1, 0.15) is 39.4 Å². The van der Waals surface area contributed by atoms with Crippen LogP contribution in [0.5, 0.6) is 0 Å². The standard InChI is InChI=1S/C16H27NO4/c1-4-6-16(19)21-12-14(18)10-17(9-13(2)3)11-15-7-5-8-20-15/h5,7-8,13-14,18H,4,6,9-12H2,1-3H3. The van der Waals surface area contributed by atoms with E-state index in [4.69, 9.17) is 9.15 Å². The van der Waals surface area contributed by atoms with Crippen LogP contribution < -0.4 is 0 Å². The second-order valence-electron chi connectivity index (χ2n) is 5.75. The SMILES string of the molecule is CCCC(=O)OCC(O)CN(Cc1ccco1)CC(C)C. The zero-order valence-electron chi connectivity index (χ0n) is 13.2. The predicted molar refractivity (Wildman–Crippen MR) is 80.7 cm³/mol. The summed E-state index contributed by atoms with van der Waals surface area (Å²) in [6, 6.07) is 3.77. The van der Waals surface area contributed by atoms with Crippen LogP contribution in [0.15, 0.2) is 22.8 Å². The van der Waals surface area contributed by atoms with Crippen molar-refractivity contribution < 1.29 is 19.1 Å². The second-order valence-corrected chi connectivity index (χ2v) is 5.75. The summed E-state index contributed by atoms with van der Waals surface area (Å²) in [6.07, 6.45) is 2.12. The number of hydrogen-bond acceptors (Lipinski definition) is 5. The molecule has 1 N–H and O–H groups in total. The topological polar surface area (TPSA) is 62.9 Å². The molecule has 120 valence electrons. The van der Waals surface area contributed by atoms with Gasteiger partial charge < -0.3 is 14.3 Å². The van der Waals surface area contributed by atoms with Gasteiger partial charge in [0.2, 0.25) is 0 Å². The van der Waals surface area contributed by atoms with Crippen molar-refractivity contribution in [1.82, 2.24) is 4.90 Å². The molecule has 1 rings (SSSR count). The first-order valence-electron chi connectivity index (χ1n) is 7.59. The van der Waals surface area contributed by atoms with Gasteiger partial charge in [-0.15, -0.1) is 0 Å². The Balaban J connectivity index is 2.41. The fraction of sp³-hybridized carbons (Fsp3) is 0.688. The van der Waals surface area contributed by atoms with Crippen molar-refractivity contribution in [3.8, 4) is 0 Å². The number of nitrogens with zero attached hydrogens (tertiary/aromatic N) is 1. The summed E-state index contributed by atoms with van der Waals surface area (Å²) in [5.74, 6) is 1.10. The van der Waals surface area contributed by atoms with Gasteiger partial charge in [0.15, 0.2) is 0 Å². The van der Waals surface area contributed by atoms with Gasteiger partial charge in [0.1, 0.15) is 18.5 Å². The lowest BCUT2D eigenvalue weighted by Gasteiger charge is -2.25. The van der Waals surface area contributed by atoms with Gasteiger partial charge in [-0.05, 0) is 24.5 Å². The second kappa shape index (κ2) is 9.58. The van der Waals surface area contributed by atoms with Crippen LogP contribution in [0.25, 0.3) is 0 Å². The van der Waals surface area contributed by atoms with Gasteiger partial charge in [-0.1, -0.05) is 20.8 Å². The van der Waals surface area contributed by atoms with E-state index in [1.165, 1.54) is 0 Å². The maximum Gasteiger partial charge on any atom is 0.305 e. The van der Waals surface area contributed by atoms with Crippen LogP contribution in [0.4, 0.5) is 0 Å². The van der Waals surface area contributed by atoms with Crippen molar-refractivity contribution in [1.29, 1.82) is 0 Å². The summed E-state index contributed by atoms with van der Waals surface area (Å²) in [7, 11) is 0. The van der Waals surface area contributed by atoms with Gasteiger partial charge in [0.25, 0.3) is 0 Å². The molecule has 1 unspecified atom stereocenters. The predicted octanol–water partition coefficient (Wildman–Crippen LogP) is 2.44. The van der Waals surface area contributed by atoms with Crippen molar-refractivity contribution in [2.24, 2.45) is 5.92 Å². The third-order valence-corrected chi connectivity index (χ3v) is 2.94. The van der Waals surface area contributed by atoms with Crippen molar-refractivity contribution in [3.63, 3.8) is 0 Å². The van der Waals surface area contributed by atoms with Crippen LogP contribution in [0.3, 0.4) is 0 Å². The molecule has 1 atom stereocenters. The maximum atomic E-state index is 11.3. The molecule has 1 aromatic heterocycles. The molecule has 0 bridgehead atoms. The lowest BCUT2D eigenvalue weighted by Crippen LogP contribution is -2.37. The van der Waals surface area contributed by atoms with E-state index < -0.39 is 6.10 Å². The van der Waals surface area contributed by atoms with Gasteiger partial charge >= 0.3 is 5.97 Å². The highest BCUT2D eigenvalue weighted by Gasteiger charge is 2.16. The van der Waals surface area contributed by atoms with Crippen molar-refractivity contribution in [3.05, 3.63) is 24.2 Å². The average molecular weight is 297 g/mol. The lowest BCUT2D eigenvalue weighted by molar-refractivity contribution is -0.147. The summed E-state index contributed by atoms with van der Waals surface area (Å²) in [4.78, 5) is 13.4. The van der Waals surface area contributed by atoms with E-state index in [1.54, 1.807) is 6.26 Å². The van der Waals surface area contributed by atoms with Crippen LogP contribution >= 0.6 is 0 Å². The molecule has 0 fully saturated rings. The maximum absolute atomic E-state index is 11.3. The Morgan fingerprint density at radius 1 is 1.43 bits per heavy atom. The number of esters is 1. The molecule has 0 radical (unpaired) electrons. The number of carbonyl (C=O) groups is 1. The highest BCUT2D eigenvalue weighted by Crippen LogP contribution is 2.09. The Hall–Kier alpha value is -1.33. The molecule has 0 saturated heterocycles. The van der Waals surface area contributed by atoms with Crippen molar-refractivity contribution in [2.75, 3.05) is 19.7 Å². The number of aliphatic hydroxyl groups is 1. The smallest absolute Gasteiger partial charge is 0.305 e. The van der Waals surface area contributed by atoms with E-state index >= 15 is 0 Å². The molecule has 21 heavy (non-hydrogen) atoms. The quantitative estimate of drug-likeness (QED) is 0.672. The molecule has 0 aliphatic heterocycles. The number of furan rings is 1. The molecule has 0 saturated carbocycles. The largest absolute Gasteiger partial charge is 0.468 e. The summed E-state index contributed by atoms with van der Waals surface area (Å²) in [5, 5.41) is 10.0. The summed E-state index contributed by atoms with van der Waals surface area (Å²) in [5.41, 5.74) is 0. The number of carbonyl (C=O) groups excluding carboxylic acids is 1. The summed E-state index contributed by atoms with van der Waals surface area (Å²) < 4.78 is 10.4. The Morgan fingerprint density at radius 2 is 2.19 bits per heavy atom. The molecule has 5 nitrogen and oxygen atoms in total. The van der Waals surface area contributed by atoms with Crippen molar-refractivity contribution >= 4 is 5.97 Å². The van der Waals surface area contributed by atoms with E-state index in [9.17, 15) is 9.90 Å². The van der Waals surface area contributed by atoms with Gasteiger partial charge in [0.05, 0.1) is 12.8 Å². The zero-order valence-corrected chi connectivity index (χ0v) is 13.2. The van der Waals surface area contributed by atoms with E-state index in [0.717, 1.165) is 18.7 Å². The highest BCUT2D eigenvalue weighted by molar-refractivity contribution is 5.69. The molecule has 0 aliphatic carbocycles. The first-order valence-corrected chi connectivity index (χ1v) is 7.59. The number of hydrogen-bond donors (Lipinski definition) is 1. The molecule has 0 amide bonds. The fourth-order valence-electron chi connectivity index (χ4n) is 2.16. The minimum atomic E-state index is -0.681. The van der Waals surface area contributed by atoms with E-state index in [0.29, 0.717) is 25.4 Å². The van der Waals surface area contributed by atoms with Gasteiger partial charge in [0, 0.05) is 19.5 Å². The van der Waals surface area contributed by atoms with Crippen LogP contribution in [-0.4, -0.2) is 41.8 Å². The van der Waals surface area contributed by atoms with Crippen molar-refractivity contribution in [2.45, 2.75) is 46.3 Å². The van der Waals surface area contributed by atoms with Gasteiger partial charge in [-0.25, -0.2) is 0 Å². The molecule has 1 aromatic rings. The minimum absolute atomic E-state index is 0.0472. The van der Waals surface area contributed by atoms with E-state index in [1.807, 2.05) is 19.1 Å². The number of rotatable bonds is 10. The molecule has 5 heteroatoms. The van der Waals surface area contributed by atoms with E-state index in [2.05, 4.69) is 18.7 Å². The molecule has 0 aliphatic rings. The zero-order chi connectivity index (χ0) is 15.7. The minimum Gasteiger partial charge on any atom is -0.468 e. The molecule has 1 heterocycles. The third-order valence-electron chi connectivity index (χ3n) is 2.94. The normalized spacial score (nSPS) is 12.9. The molecule has 0 aromatic carbocycles. The Morgan fingerprint density at radius 3 is 2.76 bits per heavy atom. The Kier molecular flexibility index (Phi) is 8.08. The first kappa shape index (κ1) is 17.7. The number of ether oxygens (including phenoxy) is 1. The lowest BCUT2D eigenvalue weighted by atomic mass is 10.2.